The molecule has 1 aliphatic rings. The van der Waals surface area contributed by atoms with Crippen LogP contribution in [0, 0.1) is 0 Å². The van der Waals surface area contributed by atoms with Crippen LogP contribution in [0.4, 0.5) is 18.9 Å². The van der Waals surface area contributed by atoms with Gasteiger partial charge in [-0.1, -0.05) is 18.2 Å². The molecule has 1 saturated heterocycles. The lowest BCUT2D eigenvalue weighted by atomic mass is 10.1. The van der Waals surface area contributed by atoms with Gasteiger partial charge in [0.05, 0.1) is 12.7 Å². The van der Waals surface area contributed by atoms with Crippen LogP contribution >= 0.6 is 0 Å². The van der Waals surface area contributed by atoms with Crippen molar-refractivity contribution < 1.29 is 17.9 Å². The van der Waals surface area contributed by atoms with Gasteiger partial charge in [-0.05, 0) is 55.3 Å². The molecule has 0 amide bonds. The Morgan fingerprint density at radius 1 is 0.963 bits per heavy atom. The highest BCUT2D eigenvalue weighted by molar-refractivity contribution is 5.49. The molecule has 146 valence electrons. The Kier molecular flexibility index (Phi) is 6.26. The smallest absolute Gasteiger partial charge is 0.416 e. The first kappa shape index (κ1) is 19.5. The van der Waals surface area contributed by atoms with Crippen LogP contribution in [-0.2, 0) is 12.6 Å². The van der Waals surface area contributed by atoms with E-state index in [1.54, 1.807) is 13.2 Å². The summed E-state index contributed by atoms with van der Waals surface area (Å²) in [5, 5.41) is 0. The summed E-state index contributed by atoms with van der Waals surface area (Å²) in [4.78, 5) is 4.73. The van der Waals surface area contributed by atoms with Gasteiger partial charge in [0, 0.05) is 31.9 Å². The molecule has 0 spiro atoms. The van der Waals surface area contributed by atoms with Gasteiger partial charge in [0.15, 0.2) is 0 Å². The summed E-state index contributed by atoms with van der Waals surface area (Å²) in [6.45, 7) is 4.75. The van der Waals surface area contributed by atoms with Gasteiger partial charge in [-0.15, -0.1) is 0 Å². The van der Waals surface area contributed by atoms with Gasteiger partial charge in [0.2, 0.25) is 0 Å². The molecule has 0 aliphatic carbocycles. The second-order valence-corrected chi connectivity index (χ2v) is 6.83. The van der Waals surface area contributed by atoms with Crippen molar-refractivity contribution >= 4 is 5.69 Å². The van der Waals surface area contributed by atoms with Crippen molar-refractivity contribution in [3.05, 3.63) is 59.7 Å². The predicted molar refractivity (Wildman–Crippen MR) is 101 cm³/mol. The van der Waals surface area contributed by atoms with Gasteiger partial charge in [0.25, 0.3) is 0 Å². The minimum atomic E-state index is -4.27. The number of rotatable bonds is 6. The van der Waals surface area contributed by atoms with Gasteiger partial charge in [0.1, 0.15) is 5.75 Å². The van der Waals surface area contributed by atoms with E-state index in [-0.39, 0.29) is 0 Å². The van der Waals surface area contributed by atoms with Crippen LogP contribution in [0.25, 0.3) is 0 Å². The molecule has 1 heterocycles. The third kappa shape index (κ3) is 5.39. The van der Waals surface area contributed by atoms with Crippen molar-refractivity contribution in [2.75, 3.05) is 44.7 Å². The topological polar surface area (TPSA) is 15.7 Å². The lowest BCUT2D eigenvalue weighted by Crippen LogP contribution is -2.46. The molecule has 0 unspecified atom stereocenters. The molecule has 1 aliphatic heterocycles. The molecule has 1 fully saturated rings. The van der Waals surface area contributed by atoms with Crippen LogP contribution in [0.2, 0.25) is 0 Å². The van der Waals surface area contributed by atoms with Crippen molar-refractivity contribution in [2.24, 2.45) is 0 Å². The number of alkyl halides is 3. The summed E-state index contributed by atoms with van der Waals surface area (Å²) < 4.78 is 43.5. The molecule has 0 bridgehead atoms. The monoisotopic (exact) mass is 378 g/mol. The summed E-state index contributed by atoms with van der Waals surface area (Å²) in [7, 11) is 1.66. The largest absolute Gasteiger partial charge is 0.497 e. The maximum atomic E-state index is 12.8. The lowest BCUT2D eigenvalue weighted by molar-refractivity contribution is -0.137. The van der Waals surface area contributed by atoms with Gasteiger partial charge in [-0.2, -0.15) is 13.2 Å². The number of hydrogen-bond acceptors (Lipinski definition) is 3. The quantitative estimate of drug-likeness (QED) is 0.738. The zero-order valence-corrected chi connectivity index (χ0v) is 15.5. The third-order valence-corrected chi connectivity index (χ3v) is 5.00. The fourth-order valence-electron chi connectivity index (χ4n) is 3.43. The maximum absolute atomic E-state index is 12.8. The fraction of sp³-hybridized carbons (Fsp3) is 0.429. The summed E-state index contributed by atoms with van der Waals surface area (Å²) in [6, 6.07) is 13.7. The van der Waals surface area contributed by atoms with E-state index in [4.69, 9.17) is 4.74 Å². The number of nitrogens with zero attached hydrogens (tertiary/aromatic N) is 2. The Hall–Kier alpha value is -2.21. The van der Waals surface area contributed by atoms with Gasteiger partial charge < -0.3 is 9.64 Å². The first-order chi connectivity index (χ1) is 13.0. The molecule has 2 aromatic rings. The predicted octanol–water partition coefficient (Wildman–Crippen LogP) is 4.47. The number of piperazine rings is 1. The minimum Gasteiger partial charge on any atom is -0.497 e. The van der Waals surface area contributed by atoms with Crippen LogP contribution in [-0.4, -0.2) is 44.7 Å². The van der Waals surface area contributed by atoms with E-state index in [0.717, 1.165) is 56.5 Å². The molecule has 0 saturated carbocycles. The van der Waals surface area contributed by atoms with E-state index in [0.29, 0.717) is 6.42 Å². The molecule has 3 nitrogen and oxygen atoms in total. The van der Waals surface area contributed by atoms with Crippen LogP contribution in [0.5, 0.6) is 5.75 Å². The van der Waals surface area contributed by atoms with Crippen molar-refractivity contribution in [2.45, 2.75) is 19.0 Å². The SMILES string of the molecule is COc1ccc(N2CCN(CCCc3cccc(C(F)(F)F)c3)CC2)cc1. The van der Waals surface area contributed by atoms with Crippen molar-refractivity contribution in [1.82, 2.24) is 4.90 Å². The maximum Gasteiger partial charge on any atom is 0.416 e. The van der Waals surface area contributed by atoms with Crippen molar-refractivity contribution in [3.63, 3.8) is 0 Å². The summed E-state index contributed by atoms with van der Waals surface area (Å²) >= 11 is 0. The number of anilines is 1. The Bertz CT molecular complexity index is 723. The van der Waals surface area contributed by atoms with E-state index >= 15 is 0 Å². The van der Waals surface area contributed by atoms with Crippen LogP contribution in [0.1, 0.15) is 17.5 Å². The van der Waals surface area contributed by atoms with Crippen LogP contribution in [0.15, 0.2) is 48.5 Å². The standard InChI is InChI=1S/C21H25F3N2O/c1-27-20-9-7-19(8-10-20)26-14-12-25(13-15-26)11-3-5-17-4-2-6-18(16-17)21(22,23)24/h2,4,6-10,16H,3,5,11-15H2,1H3. The zero-order chi connectivity index (χ0) is 19.3. The number of halogens is 3. The molecule has 0 aromatic heterocycles. The van der Waals surface area contributed by atoms with E-state index in [1.165, 1.54) is 17.8 Å². The molecule has 0 atom stereocenters. The normalized spacial score (nSPS) is 15.8. The zero-order valence-electron chi connectivity index (χ0n) is 15.5. The Labute approximate surface area is 158 Å². The van der Waals surface area contributed by atoms with Crippen molar-refractivity contribution in [1.29, 1.82) is 0 Å². The molecule has 27 heavy (non-hydrogen) atoms. The number of aryl methyl sites for hydroxylation is 1. The molecule has 6 heteroatoms. The van der Waals surface area contributed by atoms with Crippen molar-refractivity contribution in [3.8, 4) is 5.75 Å². The summed E-state index contributed by atoms with van der Waals surface area (Å²) in [5.41, 5.74) is 1.38. The second kappa shape index (κ2) is 8.65. The summed E-state index contributed by atoms with van der Waals surface area (Å²) in [6.07, 6.45) is -2.74. The number of methoxy groups -OCH3 is 1. The molecular formula is C21H25F3N2O. The van der Waals surface area contributed by atoms with Crippen LogP contribution < -0.4 is 9.64 Å². The number of benzene rings is 2. The molecule has 0 N–H and O–H groups in total. The first-order valence-electron chi connectivity index (χ1n) is 9.23. The highest BCUT2D eigenvalue weighted by atomic mass is 19.4. The molecule has 2 aromatic carbocycles. The van der Waals surface area contributed by atoms with Gasteiger partial charge in [-0.25, -0.2) is 0 Å². The van der Waals surface area contributed by atoms with E-state index < -0.39 is 11.7 Å². The third-order valence-electron chi connectivity index (χ3n) is 5.00. The number of hydrogen-bond donors (Lipinski definition) is 0. The average Bonchev–Trinajstić information content (AvgIpc) is 2.68. The van der Waals surface area contributed by atoms with Crippen LogP contribution in [0.3, 0.4) is 0 Å². The van der Waals surface area contributed by atoms with E-state index in [2.05, 4.69) is 21.9 Å². The molecule has 3 rings (SSSR count). The van der Waals surface area contributed by atoms with Gasteiger partial charge >= 0.3 is 6.18 Å². The fourth-order valence-corrected chi connectivity index (χ4v) is 3.43. The average molecular weight is 378 g/mol. The number of ether oxygens (including phenoxy) is 1. The minimum absolute atomic E-state index is 0.562. The molecule has 0 radical (unpaired) electrons. The highest BCUT2D eigenvalue weighted by Gasteiger charge is 2.30. The Balaban J connectivity index is 1.43. The van der Waals surface area contributed by atoms with E-state index in [9.17, 15) is 13.2 Å². The summed E-state index contributed by atoms with van der Waals surface area (Å²) in [5.74, 6) is 0.854. The molecular weight excluding hydrogens is 353 g/mol. The van der Waals surface area contributed by atoms with E-state index in [1.807, 2.05) is 12.1 Å². The highest BCUT2D eigenvalue weighted by Crippen LogP contribution is 2.29. The Morgan fingerprint density at radius 3 is 2.30 bits per heavy atom. The Morgan fingerprint density at radius 2 is 1.67 bits per heavy atom. The lowest BCUT2D eigenvalue weighted by Gasteiger charge is -2.36. The second-order valence-electron chi connectivity index (χ2n) is 6.83. The first-order valence-corrected chi connectivity index (χ1v) is 9.23. The van der Waals surface area contributed by atoms with Gasteiger partial charge in [-0.3, -0.25) is 4.90 Å².